The van der Waals surface area contributed by atoms with E-state index >= 15 is 0 Å². The van der Waals surface area contributed by atoms with Gasteiger partial charge in [0.15, 0.2) is 0 Å². The third-order valence-corrected chi connectivity index (χ3v) is 2.76. The van der Waals surface area contributed by atoms with E-state index in [-0.39, 0.29) is 19.0 Å². The van der Waals surface area contributed by atoms with Crippen molar-refractivity contribution in [1.29, 1.82) is 0 Å². The second kappa shape index (κ2) is 7.99. The molecule has 2 aromatic carbocycles. The molecule has 1 amide bonds. The molecule has 0 aliphatic carbocycles. The molecule has 0 aliphatic rings. The van der Waals surface area contributed by atoms with E-state index < -0.39 is 12.3 Å². The third kappa shape index (κ3) is 5.41. The maximum atomic E-state index is 12.7. The Morgan fingerprint density at radius 1 is 1.14 bits per heavy atom. The van der Waals surface area contributed by atoms with Gasteiger partial charge in [0.2, 0.25) is 0 Å². The molecule has 0 radical (unpaired) electrons. The second-order valence-corrected chi connectivity index (χ2v) is 4.58. The zero-order valence-corrected chi connectivity index (χ0v) is 11.9. The topological polar surface area (TPSA) is 73.6 Å². The van der Waals surface area contributed by atoms with Crippen LogP contribution in [0.15, 0.2) is 54.6 Å². The summed E-state index contributed by atoms with van der Waals surface area (Å²) in [5.41, 5.74) is 6.59. The second-order valence-electron chi connectivity index (χ2n) is 4.58. The molecule has 0 heterocycles. The Hall–Kier alpha value is -2.60. The quantitative estimate of drug-likeness (QED) is 0.804. The van der Waals surface area contributed by atoms with Crippen LogP contribution in [-0.2, 0) is 11.3 Å². The van der Waals surface area contributed by atoms with Gasteiger partial charge < -0.3 is 20.5 Å². The molecule has 6 heteroatoms. The SMILES string of the molecule is N[C@@H](COc1ccc(F)cc1)NC(=O)OCc1ccccc1. The van der Waals surface area contributed by atoms with E-state index in [1.54, 1.807) is 0 Å². The molecular formula is C16H17FN2O3. The molecule has 0 aromatic heterocycles. The van der Waals surface area contributed by atoms with Crippen molar-refractivity contribution < 1.29 is 18.7 Å². The molecule has 5 nitrogen and oxygen atoms in total. The molecular weight excluding hydrogens is 287 g/mol. The molecule has 0 unspecified atom stereocenters. The van der Waals surface area contributed by atoms with Crippen LogP contribution in [0.25, 0.3) is 0 Å². The normalized spacial score (nSPS) is 11.5. The van der Waals surface area contributed by atoms with E-state index in [2.05, 4.69) is 5.32 Å². The molecule has 0 spiro atoms. The molecule has 0 saturated carbocycles. The van der Waals surface area contributed by atoms with Crippen molar-refractivity contribution in [2.45, 2.75) is 12.8 Å². The van der Waals surface area contributed by atoms with Gasteiger partial charge in [0, 0.05) is 0 Å². The minimum atomic E-state index is -0.728. The van der Waals surface area contributed by atoms with E-state index in [9.17, 15) is 9.18 Å². The first kappa shape index (κ1) is 15.8. The summed E-state index contributed by atoms with van der Waals surface area (Å²) in [6.45, 7) is 0.213. The van der Waals surface area contributed by atoms with Gasteiger partial charge in [-0.25, -0.2) is 9.18 Å². The number of benzene rings is 2. The minimum absolute atomic E-state index is 0.0477. The van der Waals surface area contributed by atoms with Gasteiger partial charge in [0.25, 0.3) is 0 Å². The zero-order valence-electron chi connectivity index (χ0n) is 11.9. The standard InChI is InChI=1S/C16H17FN2O3/c17-13-6-8-14(9-7-13)21-11-15(18)19-16(20)22-10-12-4-2-1-3-5-12/h1-9,15H,10-11,18H2,(H,19,20)/t15-/m1/s1. The fourth-order valence-corrected chi connectivity index (χ4v) is 1.67. The maximum absolute atomic E-state index is 12.7. The van der Waals surface area contributed by atoms with Crippen LogP contribution in [-0.4, -0.2) is 18.9 Å². The number of ether oxygens (including phenoxy) is 2. The Balaban J connectivity index is 1.68. The monoisotopic (exact) mass is 304 g/mol. The van der Waals surface area contributed by atoms with Gasteiger partial charge in [-0.05, 0) is 29.8 Å². The van der Waals surface area contributed by atoms with Crippen LogP contribution in [0.5, 0.6) is 5.75 Å². The van der Waals surface area contributed by atoms with Crippen molar-refractivity contribution >= 4 is 6.09 Å². The van der Waals surface area contributed by atoms with E-state index in [1.165, 1.54) is 24.3 Å². The summed E-state index contributed by atoms with van der Waals surface area (Å²) in [6, 6.07) is 14.8. The highest BCUT2D eigenvalue weighted by Gasteiger charge is 2.09. The van der Waals surface area contributed by atoms with Gasteiger partial charge in [0.05, 0.1) is 0 Å². The van der Waals surface area contributed by atoms with Gasteiger partial charge in [-0.1, -0.05) is 30.3 Å². The molecule has 2 rings (SSSR count). The van der Waals surface area contributed by atoms with Crippen molar-refractivity contribution in [3.8, 4) is 5.75 Å². The average molecular weight is 304 g/mol. The molecule has 3 N–H and O–H groups in total. The van der Waals surface area contributed by atoms with Crippen molar-refractivity contribution in [3.05, 3.63) is 66.0 Å². The van der Waals surface area contributed by atoms with E-state index in [1.807, 2.05) is 30.3 Å². The van der Waals surface area contributed by atoms with Gasteiger partial charge in [0.1, 0.15) is 30.9 Å². The fraction of sp³-hybridized carbons (Fsp3) is 0.188. The molecule has 0 fully saturated rings. The number of alkyl carbamates (subject to hydrolysis) is 1. The van der Waals surface area contributed by atoms with E-state index in [0.29, 0.717) is 5.75 Å². The lowest BCUT2D eigenvalue weighted by atomic mass is 10.2. The molecule has 0 bridgehead atoms. The lowest BCUT2D eigenvalue weighted by Crippen LogP contribution is -2.45. The highest BCUT2D eigenvalue weighted by molar-refractivity contribution is 5.67. The fourth-order valence-electron chi connectivity index (χ4n) is 1.67. The summed E-state index contributed by atoms with van der Waals surface area (Å²) in [6.07, 6.45) is -1.35. The predicted octanol–water partition coefficient (Wildman–Crippen LogP) is 2.42. The molecule has 0 saturated heterocycles. The van der Waals surface area contributed by atoms with Crippen LogP contribution in [0.2, 0.25) is 0 Å². The highest BCUT2D eigenvalue weighted by Crippen LogP contribution is 2.10. The smallest absolute Gasteiger partial charge is 0.408 e. The number of rotatable bonds is 6. The number of hydrogen-bond acceptors (Lipinski definition) is 4. The first-order valence-corrected chi connectivity index (χ1v) is 6.74. The number of amides is 1. The summed E-state index contributed by atoms with van der Waals surface area (Å²) in [4.78, 5) is 11.6. The maximum Gasteiger partial charge on any atom is 0.408 e. The summed E-state index contributed by atoms with van der Waals surface area (Å²) in [5.74, 6) is 0.121. The number of carbonyl (C=O) groups excluding carboxylic acids is 1. The van der Waals surface area contributed by atoms with Crippen molar-refractivity contribution in [2.24, 2.45) is 5.73 Å². The van der Waals surface area contributed by atoms with Crippen LogP contribution in [0.1, 0.15) is 5.56 Å². The summed E-state index contributed by atoms with van der Waals surface area (Å²) >= 11 is 0. The van der Waals surface area contributed by atoms with Crippen molar-refractivity contribution in [1.82, 2.24) is 5.32 Å². The Kier molecular flexibility index (Phi) is 5.73. The first-order valence-electron chi connectivity index (χ1n) is 6.74. The Bertz CT molecular complexity index is 590. The third-order valence-electron chi connectivity index (χ3n) is 2.76. The molecule has 0 aliphatic heterocycles. The minimum Gasteiger partial charge on any atom is -0.490 e. The highest BCUT2D eigenvalue weighted by atomic mass is 19.1. The van der Waals surface area contributed by atoms with Crippen LogP contribution >= 0.6 is 0 Å². The van der Waals surface area contributed by atoms with E-state index in [0.717, 1.165) is 5.56 Å². The average Bonchev–Trinajstić information content (AvgIpc) is 2.53. The number of halogens is 1. The molecule has 1 atom stereocenters. The van der Waals surface area contributed by atoms with Gasteiger partial charge in [-0.15, -0.1) is 0 Å². The van der Waals surface area contributed by atoms with Crippen molar-refractivity contribution in [2.75, 3.05) is 6.61 Å². The summed E-state index contributed by atoms with van der Waals surface area (Å²) in [7, 11) is 0. The predicted molar refractivity (Wildman–Crippen MR) is 79.6 cm³/mol. The Labute approximate surface area is 127 Å². The lowest BCUT2D eigenvalue weighted by Gasteiger charge is -2.15. The van der Waals surface area contributed by atoms with Crippen molar-refractivity contribution in [3.63, 3.8) is 0 Å². The van der Waals surface area contributed by atoms with Gasteiger partial charge in [-0.2, -0.15) is 0 Å². The first-order chi connectivity index (χ1) is 10.6. The summed E-state index contributed by atoms with van der Waals surface area (Å²) in [5, 5.41) is 2.45. The number of carbonyl (C=O) groups is 1. The van der Waals surface area contributed by atoms with Crippen LogP contribution in [0.4, 0.5) is 9.18 Å². The molecule has 22 heavy (non-hydrogen) atoms. The Morgan fingerprint density at radius 2 is 1.82 bits per heavy atom. The van der Waals surface area contributed by atoms with Crippen LogP contribution in [0.3, 0.4) is 0 Å². The summed E-state index contributed by atoms with van der Waals surface area (Å²) < 4.78 is 23.1. The van der Waals surface area contributed by atoms with Crippen LogP contribution < -0.4 is 15.8 Å². The zero-order chi connectivity index (χ0) is 15.8. The van der Waals surface area contributed by atoms with Gasteiger partial charge in [-0.3, -0.25) is 0 Å². The number of hydrogen-bond donors (Lipinski definition) is 2. The van der Waals surface area contributed by atoms with Crippen LogP contribution in [0, 0.1) is 5.82 Å². The molecule has 116 valence electrons. The largest absolute Gasteiger partial charge is 0.490 e. The number of nitrogens with two attached hydrogens (primary N) is 1. The Morgan fingerprint density at radius 3 is 2.50 bits per heavy atom. The van der Waals surface area contributed by atoms with E-state index in [4.69, 9.17) is 15.2 Å². The van der Waals surface area contributed by atoms with Gasteiger partial charge >= 0.3 is 6.09 Å². The lowest BCUT2D eigenvalue weighted by molar-refractivity contribution is 0.131. The number of nitrogens with one attached hydrogen (secondary N) is 1. The molecule has 2 aromatic rings.